The second kappa shape index (κ2) is 7.24. The van der Waals surface area contributed by atoms with Crippen molar-refractivity contribution in [1.82, 2.24) is 15.5 Å². The molecule has 1 atom stereocenters. The highest BCUT2D eigenvalue weighted by Gasteiger charge is 2.17. The van der Waals surface area contributed by atoms with Gasteiger partial charge in [0.2, 0.25) is 0 Å². The molecule has 1 heterocycles. The van der Waals surface area contributed by atoms with E-state index in [0.29, 0.717) is 6.04 Å². The summed E-state index contributed by atoms with van der Waals surface area (Å²) in [5.74, 6) is 0.876. The van der Waals surface area contributed by atoms with Crippen molar-refractivity contribution in [2.45, 2.75) is 6.04 Å². The van der Waals surface area contributed by atoms with E-state index in [0.717, 1.165) is 42.9 Å². The molecule has 0 saturated carbocycles. The third-order valence-corrected chi connectivity index (χ3v) is 4.20. The van der Waals surface area contributed by atoms with Gasteiger partial charge in [-0.1, -0.05) is 6.07 Å². The minimum Gasteiger partial charge on any atom is -0.496 e. The summed E-state index contributed by atoms with van der Waals surface area (Å²) in [4.78, 5) is 2.50. The molecule has 1 aliphatic heterocycles. The van der Waals surface area contributed by atoms with E-state index in [1.807, 2.05) is 13.1 Å². The number of benzene rings is 1. The highest BCUT2D eigenvalue weighted by atomic mass is 79.9. The maximum absolute atomic E-state index is 5.28. The van der Waals surface area contributed by atoms with Crippen molar-refractivity contribution in [3.05, 3.63) is 28.2 Å². The Morgan fingerprint density at radius 3 is 2.74 bits per heavy atom. The quantitative estimate of drug-likeness (QED) is 0.861. The standard InChI is InChI=1S/C14H22BrN3O/c1-16-13(10-18-7-5-17-6-8-18)11-3-4-14(19-2)12(15)9-11/h3-4,9,13,16-17H,5-8,10H2,1-2H3. The molecular formula is C14H22BrN3O. The van der Waals surface area contributed by atoms with Crippen molar-refractivity contribution in [3.8, 4) is 5.75 Å². The Kier molecular flexibility index (Phi) is 5.63. The zero-order chi connectivity index (χ0) is 13.7. The van der Waals surface area contributed by atoms with Gasteiger partial charge in [0, 0.05) is 38.8 Å². The Balaban J connectivity index is 2.05. The summed E-state index contributed by atoms with van der Waals surface area (Å²) in [6.07, 6.45) is 0. The maximum Gasteiger partial charge on any atom is 0.133 e. The minimum atomic E-state index is 0.348. The van der Waals surface area contributed by atoms with Crippen molar-refractivity contribution in [3.63, 3.8) is 0 Å². The Hall–Kier alpha value is -0.620. The number of likely N-dealkylation sites (N-methyl/N-ethyl adjacent to an activating group) is 1. The first-order chi connectivity index (χ1) is 9.24. The smallest absolute Gasteiger partial charge is 0.133 e. The molecule has 19 heavy (non-hydrogen) atoms. The van der Waals surface area contributed by atoms with Crippen LogP contribution in [0.25, 0.3) is 0 Å². The lowest BCUT2D eigenvalue weighted by Crippen LogP contribution is -2.46. The molecule has 1 aromatic carbocycles. The van der Waals surface area contributed by atoms with Gasteiger partial charge in [0.25, 0.3) is 0 Å². The lowest BCUT2D eigenvalue weighted by atomic mass is 10.1. The van der Waals surface area contributed by atoms with E-state index >= 15 is 0 Å². The highest BCUT2D eigenvalue weighted by molar-refractivity contribution is 9.10. The van der Waals surface area contributed by atoms with Crippen molar-refractivity contribution in [2.75, 3.05) is 46.9 Å². The molecular weight excluding hydrogens is 306 g/mol. The van der Waals surface area contributed by atoms with Crippen molar-refractivity contribution < 1.29 is 4.74 Å². The van der Waals surface area contributed by atoms with Crippen LogP contribution in [-0.4, -0.2) is 51.8 Å². The van der Waals surface area contributed by atoms with Gasteiger partial charge in [-0.25, -0.2) is 0 Å². The first-order valence-electron chi connectivity index (χ1n) is 6.68. The summed E-state index contributed by atoms with van der Waals surface area (Å²) in [7, 11) is 3.71. The van der Waals surface area contributed by atoms with Crippen LogP contribution >= 0.6 is 15.9 Å². The molecule has 5 heteroatoms. The van der Waals surface area contributed by atoms with Crippen molar-refractivity contribution in [2.24, 2.45) is 0 Å². The van der Waals surface area contributed by atoms with Crippen LogP contribution in [0.4, 0.5) is 0 Å². The summed E-state index contributed by atoms with van der Waals surface area (Å²) in [5.41, 5.74) is 1.29. The molecule has 0 aromatic heterocycles. The van der Waals surface area contributed by atoms with Crippen molar-refractivity contribution >= 4 is 15.9 Å². The predicted molar refractivity (Wildman–Crippen MR) is 81.8 cm³/mol. The third kappa shape index (κ3) is 3.92. The number of hydrogen-bond acceptors (Lipinski definition) is 4. The second-order valence-corrected chi connectivity index (χ2v) is 5.64. The first kappa shape index (κ1) is 14.8. The fourth-order valence-electron chi connectivity index (χ4n) is 2.41. The van der Waals surface area contributed by atoms with E-state index in [9.17, 15) is 0 Å². The monoisotopic (exact) mass is 327 g/mol. The van der Waals surface area contributed by atoms with Gasteiger partial charge in [0.05, 0.1) is 11.6 Å². The van der Waals surface area contributed by atoms with Crippen molar-refractivity contribution in [1.29, 1.82) is 0 Å². The average molecular weight is 328 g/mol. The largest absolute Gasteiger partial charge is 0.496 e. The zero-order valence-electron chi connectivity index (χ0n) is 11.6. The normalized spacial score (nSPS) is 18.3. The Morgan fingerprint density at radius 2 is 2.16 bits per heavy atom. The van der Waals surface area contributed by atoms with E-state index in [1.165, 1.54) is 5.56 Å². The van der Waals surface area contributed by atoms with Crippen LogP contribution in [-0.2, 0) is 0 Å². The number of nitrogens with zero attached hydrogens (tertiary/aromatic N) is 1. The van der Waals surface area contributed by atoms with Gasteiger partial charge in [-0.3, -0.25) is 4.90 Å². The van der Waals surface area contributed by atoms with Gasteiger partial charge in [-0.05, 0) is 40.7 Å². The number of rotatable bonds is 5. The third-order valence-electron chi connectivity index (χ3n) is 3.58. The van der Waals surface area contributed by atoms with Crippen LogP contribution in [0.2, 0.25) is 0 Å². The fraction of sp³-hybridized carbons (Fsp3) is 0.571. The van der Waals surface area contributed by atoms with Crippen LogP contribution in [0.3, 0.4) is 0 Å². The van der Waals surface area contributed by atoms with Gasteiger partial charge in [-0.2, -0.15) is 0 Å². The molecule has 4 nitrogen and oxygen atoms in total. The lowest BCUT2D eigenvalue weighted by Gasteiger charge is -2.31. The van der Waals surface area contributed by atoms with Gasteiger partial charge in [0.1, 0.15) is 5.75 Å². The Morgan fingerprint density at radius 1 is 1.42 bits per heavy atom. The Bertz CT molecular complexity index is 408. The van der Waals surface area contributed by atoms with Gasteiger partial charge >= 0.3 is 0 Å². The molecule has 0 bridgehead atoms. The minimum absolute atomic E-state index is 0.348. The molecule has 1 fully saturated rings. The van der Waals surface area contributed by atoms with E-state index in [1.54, 1.807) is 7.11 Å². The molecule has 1 aliphatic rings. The number of methoxy groups -OCH3 is 1. The lowest BCUT2D eigenvalue weighted by molar-refractivity contribution is 0.219. The average Bonchev–Trinajstić information content (AvgIpc) is 2.46. The molecule has 2 rings (SSSR count). The van der Waals surface area contributed by atoms with Crippen LogP contribution in [0, 0.1) is 0 Å². The molecule has 1 aromatic rings. The summed E-state index contributed by atoms with van der Waals surface area (Å²) in [5, 5.41) is 6.79. The van der Waals surface area contributed by atoms with E-state index in [-0.39, 0.29) is 0 Å². The fourth-order valence-corrected chi connectivity index (χ4v) is 2.97. The topological polar surface area (TPSA) is 36.5 Å². The zero-order valence-corrected chi connectivity index (χ0v) is 13.2. The second-order valence-electron chi connectivity index (χ2n) is 4.79. The number of ether oxygens (including phenoxy) is 1. The summed E-state index contributed by atoms with van der Waals surface area (Å²) in [6.45, 7) is 5.45. The maximum atomic E-state index is 5.28. The Labute approximate surface area is 123 Å². The number of piperazine rings is 1. The van der Waals surface area contributed by atoms with Crippen LogP contribution in [0.15, 0.2) is 22.7 Å². The van der Waals surface area contributed by atoms with Crippen LogP contribution in [0.5, 0.6) is 5.75 Å². The molecule has 1 saturated heterocycles. The van der Waals surface area contributed by atoms with Crippen LogP contribution in [0.1, 0.15) is 11.6 Å². The van der Waals surface area contributed by atoms with Gasteiger partial charge in [0.15, 0.2) is 0 Å². The molecule has 1 unspecified atom stereocenters. The summed E-state index contributed by atoms with van der Waals surface area (Å²) < 4.78 is 6.28. The van der Waals surface area contributed by atoms with Gasteiger partial charge in [-0.15, -0.1) is 0 Å². The number of halogens is 1. The first-order valence-corrected chi connectivity index (χ1v) is 7.47. The van der Waals surface area contributed by atoms with E-state index < -0.39 is 0 Å². The summed E-state index contributed by atoms with van der Waals surface area (Å²) >= 11 is 3.55. The molecule has 0 spiro atoms. The number of hydrogen-bond donors (Lipinski definition) is 2. The van der Waals surface area contributed by atoms with E-state index in [4.69, 9.17) is 4.74 Å². The molecule has 0 amide bonds. The SMILES string of the molecule is CNC(CN1CCNCC1)c1ccc(OC)c(Br)c1. The van der Waals surface area contributed by atoms with Crippen LogP contribution < -0.4 is 15.4 Å². The molecule has 0 radical (unpaired) electrons. The highest BCUT2D eigenvalue weighted by Crippen LogP contribution is 2.28. The van der Waals surface area contributed by atoms with E-state index in [2.05, 4.69) is 43.6 Å². The van der Waals surface area contributed by atoms with Gasteiger partial charge < -0.3 is 15.4 Å². The molecule has 0 aliphatic carbocycles. The molecule has 2 N–H and O–H groups in total. The molecule has 106 valence electrons. The predicted octanol–water partition coefficient (Wildman–Crippen LogP) is 1.62. The number of nitrogens with one attached hydrogen (secondary N) is 2. The summed E-state index contributed by atoms with van der Waals surface area (Å²) in [6, 6.07) is 6.64.